The van der Waals surface area contributed by atoms with Crippen molar-refractivity contribution in [2.45, 2.75) is 41.0 Å². The largest absolute Gasteiger partial charge is 0.365 e. The van der Waals surface area contributed by atoms with Gasteiger partial charge < -0.3 is 4.98 Å². The Labute approximate surface area is 120 Å². The lowest BCUT2D eigenvalue weighted by Crippen LogP contribution is -2.02. The lowest BCUT2D eigenvalue weighted by atomic mass is 10.1. The number of nitrogens with one attached hydrogen (secondary N) is 1. The van der Waals surface area contributed by atoms with Crippen molar-refractivity contribution in [2.24, 2.45) is 0 Å². The third kappa shape index (κ3) is 2.74. The minimum atomic E-state index is 0.917. The fourth-order valence-electron chi connectivity index (χ4n) is 2.22. The molecule has 2 aromatic rings. The van der Waals surface area contributed by atoms with Crippen LogP contribution in [0.4, 0.5) is 0 Å². The number of allylic oxidation sites excluding steroid dienone is 3. The molecule has 4 nitrogen and oxygen atoms in total. The zero-order chi connectivity index (χ0) is 14.7. The highest BCUT2D eigenvalue weighted by Crippen LogP contribution is 2.20. The number of H-pyrrole nitrogens is 1. The van der Waals surface area contributed by atoms with Crippen molar-refractivity contribution in [1.82, 2.24) is 19.7 Å². The molecule has 4 heteroatoms. The van der Waals surface area contributed by atoms with Crippen LogP contribution in [0, 0.1) is 20.8 Å². The molecule has 0 fully saturated rings. The molecule has 0 saturated heterocycles. The maximum atomic E-state index is 4.16. The fourth-order valence-corrected chi connectivity index (χ4v) is 2.22. The van der Waals surface area contributed by atoms with E-state index in [1.165, 1.54) is 16.8 Å². The van der Waals surface area contributed by atoms with Gasteiger partial charge in [-0.25, -0.2) is 0 Å². The van der Waals surface area contributed by atoms with E-state index in [2.05, 4.69) is 58.7 Å². The summed E-state index contributed by atoms with van der Waals surface area (Å²) < 4.78 is 2.11. The maximum absolute atomic E-state index is 4.16. The molecule has 106 valence electrons. The Bertz CT molecular complexity index is 636. The number of hydrogen-bond donors (Lipinski definition) is 1. The predicted molar refractivity (Wildman–Crippen MR) is 83.2 cm³/mol. The molecule has 1 N–H and O–H groups in total. The van der Waals surface area contributed by atoms with E-state index in [1.54, 1.807) is 0 Å². The zero-order valence-corrected chi connectivity index (χ0v) is 12.9. The SMILES string of the molecule is CCC(C)=C(/C=C\c1cc[nH]c1C)n1c(C)nnc1C. The second kappa shape index (κ2) is 5.90. The Morgan fingerprint density at radius 3 is 2.40 bits per heavy atom. The van der Waals surface area contributed by atoms with Gasteiger partial charge in [0.1, 0.15) is 11.6 Å². The van der Waals surface area contributed by atoms with E-state index in [9.17, 15) is 0 Å². The first-order valence-corrected chi connectivity index (χ1v) is 6.95. The van der Waals surface area contributed by atoms with Gasteiger partial charge in [0.2, 0.25) is 0 Å². The number of rotatable bonds is 4. The van der Waals surface area contributed by atoms with Crippen molar-refractivity contribution < 1.29 is 0 Å². The van der Waals surface area contributed by atoms with Crippen LogP contribution < -0.4 is 0 Å². The Hall–Kier alpha value is -2.10. The molecule has 0 radical (unpaired) electrons. The average molecular weight is 270 g/mol. The summed E-state index contributed by atoms with van der Waals surface area (Å²) in [5.41, 5.74) is 4.86. The Balaban J connectivity index is 2.46. The molecule has 0 aliphatic carbocycles. The topological polar surface area (TPSA) is 46.5 Å². The number of aromatic nitrogens is 4. The standard InChI is InChI=1S/C16H22N4/c1-6-11(2)16(20-13(4)18-19-14(20)5)8-7-15-9-10-17-12(15)3/h7-10,17H,6H2,1-5H3/b8-7-,16-11?. The van der Waals surface area contributed by atoms with Gasteiger partial charge in [-0.05, 0) is 57.4 Å². The average Bonchev–Trinajstić information content (AvgIpc) is 2.98. The van der Waals surface area contributed by atoms with Crippen molar-refractivity contribution in [1.29, 1.82) is 0 Å². The summed E-state index contributed by atoms with van der Waals surface area (Å²) in [6.45, 7) is 10.4. The minimum Gasteiger partial charge on any atom is -0.365 e. The van der Waals surface area contributed by atoms with Gasteiger partial charge in [-0.1, -0.05) is 13.0 Å². The number of aromatic amines is 1. The Kier molecular flexibility index (Phi) is 4.23. The van der Waals surface area contributed by atoms with Crippen LogP contribution in [0.5, 0.6) is 0 Å². The molecule has 2 heterocycles. The molecule has 0 aliphatic rings. The van der Waals surface area contributed by atoms with Crippen molar-refractivity contribution in [3.05, 3.63) is 46.8 Å². The van der Waals surface area contributed by atoms with E-state index in [0.717, 1.165) is 23.8 Å². The predicted octanol–water partition coefficient (Wildman–Crippen LogP) is 3.89. The first kappa shape index (κ1) is 14.3. The van der Waals surface area contributed by atoms with E-state index in [0.29, 0.717) is 0 Å². The van der Waals surface area contributed by atoms with E-state index in [-0.39, 0.29) is 0 Å². The molecule has 2 aromatic heterocycles. The lowest BCUT2D eigenvalue weighted by Gasteiger charge is -2.11. The smallest absolute Gasteiger partial charge is 0.134 e. The molecule has 2 rings (SSSR count). The van der Waals surface area contributed by atoms with Gasteiger partial charge in [0.05, 0.1) is 0 Å². The third-order valence-corrected chi connectivity index (χ3v) is 3.61. The normalized spacial score (nSPS) is 13.1. The molecule has 0 spiro atoms. The summed E-state index contributed by atoms with van der Waals surface area (Å²) in [5, 5.41) is 8.31. The molecular weight excluding hydrogens is 248 g/mol. The second-order valence-corrected chi connectivity index (χ2v) is 5.04. The Morgan fingerprint density at radius 1 is 1.25 bits per heavy atom. The van der Waals surface area contributed by atoms with Gasteiger partial charge in [0, 0.05) is 17.6 Å². The fraction of sp³-hybridized carbons (Fsp3) is 0.375. The maximum Gasteiger partial charge on any atom is 0.134 e. The third-order valence-electron chi connectivity index (χ3n) is 3.61. The molecule has 0 saturated carbocycles. The van der Waals surface area contributed by atoms with Crippen LogP contribution >= 0.6 is 0 Å². The quantitative estimate of drug-likeness (QED) is 0.857. The zero-order valence-electron chi connectivity index (χ0n) is 12.9. The number of aryl methyl sites for hydroxylation is 3. The van der Waals surface area contributed by atoms with Gasteiger partial charge >= 0.3 is 0 Å². The van der Waals surface area contributed by atoms with Crippen molar-refractivity contribution in [2.75, 3.05) is 0 Å². The first-order valence-electron chi connectivity index (χ1n) is 6.95. The van der Waals surface area contributed by atoms with Crippen LogP contribution in [-0.2, 0) is 0 Å². The highest BCUT2D eigenvalue weighted by atomic mass is 15.3. The van der Waals surface area contributed by atoms with Gasteiger partial charge in [0.15, 0.2) is 0 Å². The van der Waals surface area contributed by atoms with Crippen LogP contribution in [0.15, 0.2) is 23.9 Å². The highest BCUT2D eigenvalue weighted by Gasteiger charge is 2.09. The molecule has 0 amide bonds. The number of nitrogens with zero attached hydrogens (tertiary/aromatic N) is 3. The van der Waals surface area contributed by atoms with Gasteiger partial charge in [-0.3, -0.25) is 4.57 Å². The first-order chi connectivity index (χ1) is 9.54. The van der Waals surface area contributed by atoms with E-state index >= 15 is 0 Å². The van der Waals surface area contributed by atoms with E-state index in [1.807, 2.05) is 20.0 Å². The van der Waals surface area contributed by atoms with E-state index in [4.69, 9.17) is 0 Å². The van der Waals surface area contributed by atoms with Gasteiger partial charge in [-0.2, -0.15) is 0 Å². The summed E-state index contributed by atoms with van der Waals surface area (Å²) in [7, 11) is 0. The minimum absolute atomic E-state index is 0.917. The summed E-state index contributed by atoms with van der Waals surface area (Å²) in [5.74, 6) is 1.83. The highest BCUT2D eigenvalue weighted by molar-refractivity contribution is 5.70. The lowest BCUT2D eigenvalue weighted by molar-refractivity contribution is 0.942. The van der Waals surface area contributed by atoms with Crippen molar-refractivity contribution in [3.63, 3.8) is 0 Å². The molecule has 0 aliphatic heterocycles. The van der Waals surface area contributed by atoms with Gasteiger partial charge in [0.25, 0.3) is 0 Å². The molecule has 20 heavy (non-hydrogen) atoms. The molecule has 0 atom stereocenters. The van der Waals surface area contributed by atoms with Crippen LogP contribution in [0.2, 0.25) is 0 Å². The Morgan fingerprint density at radius 2 is 1.90 bits per heavy atom. The summed E-state index contributed by atoms with van der Waals surface area (Å²) in [6.07, 6.45) is 7.25. The van der Waals surface area contributed by atoms with Crippen LogP contribution in [0.3, 0.4) is 0 Å². The van der Waals surface area contributed by atoms with Crippen LogP contribution in [0.1, 0.15) is 43.2 Å². The second-order valence-electron chi connectivity index (χ2n) is 5.04. The summed E-state index contributed by atoms with van der Waals surface area (Å²) in [4.78, 5) is 3.19. The molecule has 0 aromatic carbocycles. The summed E-state index contributed by atoms with van der Waals surface area (Å²) >= 11 is 0. The monoisotopic (exact) mass is 270 g/mol. The van der Waals surface area contributed by atoms with Crippen molar-refractivity contribution in [3.8, 4) is 0 Å². The van der Waals surface area contributed by atoms with Gasteiger partial charge in [-0.15, -0.1) is 10.2 Å². The van der Waals surface area contributed by atoms with Crippen LogP contribution in [0.25, 0.3) is 11.8 Å². The molecule has 0 unspecified atom stereocenters. The van der Waals surface area contributed by atoms with Crippen LogP contribution in [-0.4, -0.2) is 19.7 Å². The molecular formula is C16H22N4. The van der Waals surface area contributed by atoms with E-state index < -0.39 is 0 Å². The molecule has 0 bridgehead atoms. The summed E-state index contributed by atoms with van der Waals surface area (Å²) in [6, 6.07) is 2.08. The number of hydrogen-bond acceptors (Lipinski definition) is 2. The van der Waals surface area contributed by atoms with Crippen molar-refractivity contribution >= 4 is 11.8 Å².